The van der Waals surface area contributed by atoms with E-state index in [2.05, 4.69) is 10.6 Å². The summed E-state index contributed by atoms with van der Waals surface area (Å²) in [6, 6.07) is 14.0. The molecule has 0 aromatic heterocycles. The van der Waals surface area contributed by atoms with E-state index < -0.39 is 5.91 Å². The quantitative estimate of drug-likeness (QED) is 0.750. The van der Waals surface area contributed by atoms with E-state index in [1.807, 2.05) is 6.92 Å². The van der Waals surface area contributed by atoms with Crippen LogP contribution in [-0.2, 0) is 4.79 Å². The lowest BCUT2D eigenvalue weighted by atomic mass is 10.1. The van der Waals surface area contributed by atoms with E-state index in [9.17, 15) is 9.59 Å². The fourth-order valence-corrected chi connectivity index (χ4v) is 2.30. The van der Waals surface area contributed by atoms with Crippen LogP contribution >= 0.6 is 0 Å². The Morgan fingerprint density at radius 2 is 1.69 bits per heavy atom. The SMILES string of the molecule is CCNC(=O)/C(=C\c1ccc(OC)cc1)NC(=O)c1ccccc1OC. The molecule has 2 aromatic rings. The van der Waals surface area contributed by atoms with Gasteiger partial charge in [-0.3, -0.25) is 9.59 Å². The van der Waals surface area contributed by atoms with Gasteiger partial charge in [0, 0.05) is 6.54 Å². The van der Waals surface area contributed by atoms with Crippen LogP contribution in [0.15, 0.2) is 54.2 Å². The molecule has 0 bridgehead atoms. The van der Waals surface area contributed by atoms with E-state index in [4.69, 9.17) is 9.47 Å². The molecule has 0 atom stereocenters. The largest absolute Gasteiger partial charge is 0.497 e. The van der Waals surface area contributed by atoms with Crippen molar-refractivity contribution in [3.63, 3.8) is 0 Å². The Labute approximate surface area is 152 Å². The first-order valence-electron chi connectivity index (χ1n) is 8.17. The highest BCUT2D eigenvalue weighted by atomic mass is 16.5. The van der Waals surface area contributed by atoms with Crippen LogP contribution in [0.3, 0.4) is 0 Å². The average molecular weight is 354 g/mol. The van der Waals surface area contributed by atoms with Crippen LogP contribution in [0, 0.1) is 0 Å². The zero-order valence-electron chi connectivity index (χ0n) is 15.0. The van der Waals surface area contributed by atoms with Crippen LogP contribution in [-0.4, -0.2) is 32.6 Å². The molecule has 0 radical (unpaired) electrons. The van der Waals surface area contributed by atoms with E-state index in [1.54, 1.807) is 61.7 Å². The first-order chi connectivity index (χ1) is 12.6. The molecule has 2 rings (SSSR count). The maximum atomic E-state index is 12.6. The van der Waals surface area contributed by atoms with E-state index in [0.717, 1.165) is 5.56 Å². The van der Waals surface area contributed by atoms with Crippen LogP contribution in [0.1, 0.15) is 22.8 Å². The molecule has 26 heavy (non-hydrogen) atoms. The van der Waals surface area contributed by atoms with Crippen molar-refractivity contribution in [3.8, 4) is 11.5 Å². The summed E-state index contributed by atoms with van der Waals surface area (Å²) in [5, 5.41) is 5.36. The number of para-hydroxylation sites is 1. The third-order valence-corrected chi connectivity index (χ3v) is 3.61. The van der Waals surface area contributed by atoms with Gasteiger partial charge in [0.25, 0.3) is 11.8 Å². The van der Waals surface area contributed by atoms with Gasteiger partial charge in [-0.1, -0.05) is 24.3 Å². The van der Waals surface area contributed by atoms with Crippen molar-refractivity contribution in [2.45, 2.75) is 6.92 Å². The predicted molar refractivity (Wildman–Crippen MR) is 100 cm³/mol. The fraction of sp³-hybridized carbons (Fsp3) is 0.200. The summed E-state index contributed by atoms with van der Waals surface area (Å²) in [6.07, 6.45) is 1.61. The number of amides is 2. The summed E-state index contributed by atoms with van der Waals surface area (Å²) in [4.78, 5) is 24.9. The van der Waals surface area contributed by atoms with E-state index in [1.165, 1.54) is 7.11 Å². The summed E-state index contributed by atoms with van der Waals surface area (Å²) >= 11 is 0. The summed E-state index contributed by atoms with van der Waals surface area (Å²) in [5.41, 5.74) is 1.25. The van der Waals surface area contributed by atoms with Crippen molar-refractivity contribution in [1.29, 1.82) is 0 Å². The zero-order chi connectivity index (χ0) is 18.9. The van der Waals surface area contributed by atoms with Crippen molar-refractivity contribution in [3.05, 3.63) is 65.4 Å². The smallest absolute Gasteiger partial charge is 0.267 e. The Balaban J connectivity index is 2.30. The molecular formula is C20H22N2O4. The lowest BCUT2D eigenvalue weighted by Gasteiger charge is -2.12. The van der Waals surface area contributed by atoms with E-state index >= 15 is 0 Å². The lowest BCUT2D eigenvalue weighted by molar-refractivity contribution is -0.117. The molecule has 0 fully saturated rings. The first kappa shape index (κ1) is 19.1. The second-order valence-corrected chi connectivity index (χ2v) is 5.35. The summed E-state index contributed by atoms with van der Waals surface area (Å²) in [7, 11) is 3.07. The molecule has 0 spiro atoms. The molecule has 0 unspecified atom stereocenters. The van der Waals surface area contributed by atoms with Crippen molar-refractivity contribution in [2.24, 2.45) is 0 Å². The highest BCUT2D eigenvalue weighted by Crippen LogP contribution is 2.18. The van der Waals surface area contributed by atoms with Gasteiger partial charge >= 0.3 is 0 Å². The average Bonchev–Trinajstić information content (AvgIpc) is 2.68. The van der Waals surface area contributed by atoms with Crippen molar-refractivity contribution >= 4 is 17.9 Å². The van der Waals surface area contributed by atoms with E-state index in [0.29, 0.717) is 23.6 Å². The molecule has 6 heteroatoms. The Morgan fingerprint density at radius 1 is 1.00 bits per heavy atom. The third-order valence-electron chi connectivity index (χ3n) is 3.61. The first-order valence-corrected chi connectivity index (χ1v) is 8.17. The van der Waals surface area contributed by atoms with Crippen LogP contribution in [0.4, 0.5) is 0 Å². The van der Waals surface area contributed by atoms with Gasteiger partial charge in [0.1, 0.15) is 17.2 Å². The Hall–Kier alpha value is -3.28. The highest BCUT2D eigenvalue weighted by molar-refractivity contribution is 6.06. The molecule has 136 valence electrons. The van der Waals surface area contributed by atoms with Crippen LogP contribution in [0.5, 0.6) is 11.5 Å². The number of hydrogen-bond acceptors (Lipinski definition) is 4. The Kier molecular flexibility index (Phi) is 6.79. The molecule has 0 saturated heterocycles. The Bertz CT molecular complexity index is 798. The van der Waals surface area contributed by atoms with Gasteiger partial charge in [0.05, 0.1) is 19.8 Å². The normalized spacial score (nSPS) is 10.8. The lowest BCUT2D eigenvalue weighted by Crippen LogP contribution is -2.34. The highest BCUT2D eigenvalue weighted by Gasteiger charge is 2.16. The Morgan fingerprint density at radius 3 is 2.31 bits per heavy atom. The zero-order valence-corrected chi connectivity index (χ0v) is 15.0. The molecule has 0 aliphatic rings. The number of hydrogen-bond donors (Lipinski definition) is 2. The minimum Gasteiger partial charge on any atom is -0.497 e. The van der Waals surface area contributed by atoms with Gasteiger partial charge in [-0.05, 0) is 42.8 Å². The number of benzene rings is 2. The molecule has 0 saturated carbocycles. The van der Waals surface area contributed by atoms with Gasteiger partial charge in [-0.15, -0.1) is 0 Å². The number of methoxy groups -OCH3 is 2. The number of rotatable bonds is 7. The molecule has 2 N–H and O–H groups in total. The molecule has 2 amide bonds. The van der Waals surface area contributed by atoms with Gasteiger partial charge in [0.2, 0.25) is 0 Å². The minimum atomic E-state index is -0.423. The number of ether oxygens (including phenoxy) is 2. The number of carbonyl (C=O) groups excluding carboxylic acids is 2. The summed E-state index contributed by atoms with van der Waals surface area (Å²) in [5.74, 6) is 0.351. The number of carbonyl (C=O) groups is 2. The molecule has 6 nitrogen and oxygen atoms in total. The number of likely N-dealkylation sites (N-methyl/N-ethyl adjacent to an activating group) is 1. The second-order valence-electron chi connectivity index (χ2n) is 5.35. The van der Waals surface area contributed by atoms with Crippen LogP contribution in [0.25, 0.3) is 6.08 Å². The van der Waals surface area contributed by atoms with Crippen molar-refractivity contribution < 1.29 is 19.1 Å². The standard InChI is InChI=1S/C20H22N2O4/c1-4-21-20(24)17(13-14-9-11-15(25-2)12-10-14)22-19(23)16-7-5-6-8-18(16)26-3/h5-13H,4H2,1-3H3,(H,21,24)(H,22,23)/b17-13+. The van der Waals surface area contributed by atoms with Gasteiger partial charge < -0.3 is 20.1 Å². The molecule has 2 aromatic carbocycles. The molecule has 0 heterocycles. The van der Waals surface area contributed by atoms with Crippen LogP contribution in [0.2, 0.25) is 0 Å². The topological polar surface area (TPSA) is 76.7 Å². The van der Waals surface area contributed by atoms with Gasteiger partial charge in [-0.25, -0.2) is 0 Å². The summed E-state index contributed by atoms with van der Waals surface area (Å²) in [6.45, 7) is 2.26. The maximum absolute atomic E-state index is 12.6. The van der Waals surface area contributed by atoms with Gasteiger partial charge in [0.15, 0.2) is 0 Å². The fourth-order valence-electron chi connectivity index (χ4n) is 2.30. The monoisotopic (exact) mass is 354 g/mol. The summed E-state index contributed by atoms with van der Waals surface area (Å²) < 4.78 is 10.3. The molecule has 0 aliphatic heterocycles. The van der Waals surface area contributed by atoms with Gasteiger partial charge in [-0.2, -0.15) is 0 Å². The van der Waals surface area contributed by atoms with Crippen molar-refractivity contribution in [2.75, 3.05) is 20.8 Å². The number of nitrogens with one attached hydrogen (secondary N) is 2. The third kappa shape index (κ3) is 4.86. The van der Waals surface area contributed by atoms with Crippen LogP contribution < -0.4 is 20.1 Å². The minimum absolute atomic E-state index is 0.146. The van der Waals surface area contributed by atoms with Crippen molar-refractivity contribution in [1.82, 2.24) is 10.6 Å². The predicted octanol–water partition coefficient (Wildman–Crippen LogP) is 2.61. The second kappa shape index (κ2) is 9.27. The molecular weight excluding hydrogens is 332 g/mol. The maximum Gasteiger partial charge on any atom is 0.267 e. The molecule has 0 aliphatic carbocycles. The van der Waals surface area contributed by atoms with E-state index in [-0.39, 0.29) is 11.6 Å².